The molecule has 0 spiro atoms. The van der Waals surface area contributed by atoms with Crippen LogP contribution in [0.5, 0.6) is 0 Å². The molecule has 6 heteroatoms. The van der Waals surface area contributed by atoms with E-state index < -0.39 is 0 Å². The number of esters is 1. The molecule has 0 amide bonds. The number of rotatable bonds is 7. The van der Waals surface area contributed by atoms with E-state index in [0.717, 1.165) is 24.4 Å². The van der Waals surface area contributed by atoms with Gasteiger partial charge in [0.2, 0.25) is 0 Å². The van der Waals surface area contributed by atoms with Crippen LogP contribution in [-0.2, 0) is 23.1 Å². The fraction of sp³-hybridized carbons (Fsp3) is 0.692. The monoisotopic (exact) mass is 287 g/mol. The molecular weight excluding hydrogens is 266 g/mol. The van der Waals surface area contributed by atoms with Gasteiger partial charge >= 0.3 is 5.97 Å². The summed E-state index contributed by atoms with van der Waals surface area (Å²) < 4.78 is 6.76. The molecule has 108 valence electrons. The predicted molar refractivity (Wildman–Crippen MR) is 75.2 cm³/mol. The van der Waals surface area contributed by atoms with Crippen LogP contribution in [0.15, 0.2) is 0 Å². The molecule has 1 aromatic rings. The summed E-state index contributed by atoms with van der Waals surface area (Å²) in [5.74, 6) is -0.203. The molecule has 0 aromatic carbocycles. The largest absolute Gasteiger partial charge is 0.465 e. The van der Waals surface area contributed by atoms with E-state index in [1.54, 1.807) is 4.68 Å². The first-order chi connectivity index (χ1) is 8.99. The second kappa shape index (κ2) is 7.50. The fourth-order valence-corrected chi connectivity index (χ4v) is 2.20. The summed E-state index contributed by atoms with van der Waals surface area (Å²) in [6.45, 7) is 7.87. The molecule has 0 unspecified atom stereocenters. The molecule has 1 rings (SSSR count). The standard InChI is InChI=1S/C13H22ClN3O2/c1-5-7-17(9-12(18)19-6-2)8-11-13(14)10(3)15-16(11)4/h5-9H2,1-4H3. The van der Waals surface area contributed by atoms with Gasteiger partial charge in [0.15, 0.2) is 0 Å². The summed E-state index contributed by atoms with van der Waals surface area (Å²) in [6.07, 6.45) is 0.966. The average Bonchev–Trinajstić information content (AvgIpc) is 2.56. The van der Waals surface area contributed by atoms with Crippen molar-refractivity contribution < 1.29 is 9.53 Å². The van der Waals surface area contributed by atoms with Crippen LogP contribution in [0.25, 0.3) is 0 Å². The summed E-state index contributed by atoms with van der Waals surface area (Å²) in [5, 5.41) is 4.95. The van der Waals surface area contributed by atoms with Gasteiger partial charge in [-0.2, -0.15) is 5.10 Å². The van der Waals surface area contributed by atoms with Crippen LogP contribution in [0, 0.1) is 6.92 Å². The van der Waals surface area contributed by atoms with Gasteiger partial charge in [0.1, 0.15) is 0 Å². The molecule has 0 N–H and O–H groups in total. The first kappa shape index (κ1) is 16.0. The SMILES string of the molecule is CCCN(CC(=O)OCC)Cc1c(Cl)c(C)nn1C. The molecule has 0 radical (unpaired) electrons. The third-order valence-corrected chi connectivity index (χ3v) is 3.32. The first-order valence-electron chi connectivity index (χ1n) is 6.55. The number of hydrogen-bond donors (Lipinski definition) is 0. The van der Waals surface area contributed by atoms with Crippen molar-refractivity contribution in [3.63, 3.8) is 0 Å². The molecule has 0 saturated heterocycles. The van der Waals surface area contributed by atoms with Gasteiger partial charge < -0.3 is 4.74 Å². The smallest absolute Gasteiger partial charge is 0.320 e. The lowest BCUT2D eigenvalue weighted by Crippen LogP contribution is -2.32. The maximum atomic E-state index is 11.6. The van der Waals surface area contributed by atoms with Crippen molar-refractivity contribution >= 4 is 17.6 Å². The number of aryl methyl sites for hydroxylation is 2. The quantitative estimate of drug-likeness (QED) is 0.721. The lowest BCUT2D eigenvalue weighted by Gasteiger charge is -2.20. The van der Waals surface area contributed by atoms with Gasteiger partial charge in [-0.15, -0.1) is 0 Å². The second-order valence-corrected chi connectivity index (χ2v) is 4.86. The second-order valence-electron chi connectivity index (χ2n) is 4.49. The van der Waals surface area contributed by atoms with Crippen molar-refractivity contribution in [3.8, 4) is 0 Å². The zero-order chi connectivity index (χ0) is 14.4. The first-order valence-corrected chi connectivity index (χ1v) is 6.93. The zero-order valence-electron chi connectivity index (χ0n) is 12.1. The van der Waals surface area contributed by atoms with Crippen molar-refractivity contribution in [1.29, 1.82) is 0 Å². The third kappa shape index (κ3) is 4.51. The summed E-state index contributed by atoms with van der Waals surface area (Å²) in [7, 11) is 1.86. The van der Waals surface area contributed by atoms with Crippen LogP contribution < -0.4 is 0 Å². The number of halogens is 1. The lowest BCUT2D eigenvalue weighted by molar-refractivity contribution is -0.144. The van der Waals surface area contributed by atoms with Gasteiger partial charge in [0.25, 0.3) is 0 Å². The number of carbonyl (C=O) groups is 1. The van der Waals surface area contributed by atoms with E-state index in [-0.39, 0.29) is 12.5 Å². The molecule has 0 aliphatic heterocycles. The van der Waals surface area contributed by atoms with Gasteiger partial charge in [-0.3, -0.25) is 14.4 Å². The van der Waals surface area contributed by atoms with E-state index in [2.05, 4.69) is 12.0 Å². The minimum absolute atomic E-state index is 0.203. The van der Waals surface area contributed by atoms with Crippen LogP contribution >= 0.6 is 11.6 Å². The van der Waals surface area contributed by atoms with Crippen LogP contribution in [0.1, 0.15) is 31.7 Å². The predicted octanol–water partition coefficient (Wildman–Crippen LogP) is 2.16. The molecule has 0 fully saturated rings. The summed E-state index contributed by atoms with van der Waals surface area (Å²) >= 11 is 6.23. The van der Waals surface area contributed by atoms with Gasteiger partial charge in [-0.05, 0) is 26.8 Å². The Kier molecular flexibility index (Phi) is 6.31. The maximum absolute atomic E-state index is 11.6. The van der Waals surface area contributed by atoms with Crippen molar-refractivity contribution in [3.05, 3.63) is 16.4 Å². The minimum Gasteiger partial charge on any atom is -0.465 e. The Bertz CT molecular complexity index is 432. The van der Waals surface area contributed by atoms with Crippen molar-refractivity contribution in [2.45, 2.75) is 33.7 Å². The van der Waals surface area contributed by atoms with Crippen molar-refractivity contribution in [2.24, 2.45) is 7.05 Å². The molecule has 0 atom stereocenters. The van der Waals surface area contributed by atoms with Crippen molar-refractivity contribution in [2.75, 3.05) is 19.7 Å². The van der Waals surface area contributed by atoms with Crippen molar-refractivity contribution in [1.82, 2.24) is 14.7 Å². The van der Waals surface area contributed by atoms with E-state index in [1.165, 1.54) is 0 Å². The number of carbonyl (C=O) groups excluding carboxylic acids is 1. The van der Waals surface area contributed by atoms with Crippen LogP contribution in [0.4, 0.5) is 0 Å². The van der Waals surface area contributed by atoms with E-state index in [0.29, 0.717) is 18.2 Å². The molecule has 0 saturated carbocycles. The van der Waals surface area contributed by atoms with Gasteiger partial charge in [-0.25, -0.2) is 0 Å². The Morgan fingerprint density at radius 1 is 1.47 bits per heavy atom. The fourth-order valence-electron chi connectivity index (χ4n) is 1.98. The Morgan fingerprint density at radius 3 is 2.63 bits per heavy atom. The molecule has 19 heavy (non-hydrogen) atoms. The van der Waals surface area contributed by atoms with Gasteiger partial charge in [-0.1, -0.05) is 18.5 Å². The van der Waals surface area contributed by atoms with E-state index in [9.17, 15) is 4.79 Å². The number of ether oxygens (including phenoxy) is 1. The van der Waals surface area contributed by atoms with Crippen LogP contribution in [0.3, 0.4) is 0 Å². The Labute approximate surface area is 119 Å². The van der Waals surface area contributed by atoms with Crippen LogP contribution in [-0.4, -0.2) is 40.3 Å². The Morgan fingerprint density at radius 2 is 2.16 bits per heavy atom. The van der Waals surface area contributed by atoms with Crippen LogP contribution in [0.2, 0.25) is 5.02 Å². The number of hydrogen-bond acceptors (Lipinski definition) is 4. The minimum atomic E-state index is -0.203. The average molecular weight is 288 g/mol. The summed E-state index contributed by atoms with van der Waals surface area (Å²) in [5.41, 5.74) is 1.74. The summed E-state index contributed by atoms with van der Waals surface area (Å²) in [4.78, 5) is 13.6. The summed E-state index contributed by atoms with van der Waals surface area (Å²) in [6, 6.07) is 0. The lowest BCUT2D eigenvalue weighted by atomic mass is 10.3. The molecule has 1 aromatic heterocycles. The topological polar surface area (TPSA) is 47.4 Å². The number of aromatic nitrogens is 2. The molecule has 5 nitrogen and oxygen atoms in total. The maximum Gasteiger partial charge on any atom is 0.320 e. The highest BCUT2D eigenvalue weighted by Crippen LogP contribution is 2.21. The Balaban J connectivity index is 2.75. The highest BCUT2D eigenvalue weighted by atomic mass is 35.5. The van der Waals surface area contributed by atoms with Gasteiger partial charge in [0, 0.05) is 13.6 Å². The highest BCUT2D eigenvalue weighted by Gasteiger charge is 2.17. The molecule has 0 aliphatic carbocycles. The van der Waals surface area contributed by atoms with E-state index in [4.69, 9.17) is 16.3 Å². The molecule has 0 bridgehead atoms. The van der Waals surface area contributed by atoms with Gasteiger partial charge in [0.05, 0.1) is 29.6 Å². The Hall–Kier alpha value is -1.07. The third-order valence-electron chi connectivity index (χ3n) is 2.83. The molecular formula is C13H22ClN3O2. The highest BCUT2D eigenvalue weighted by molar-refractivity contribution is 6.31. The number of nitrogens with zero attached hydrogens (tertiary/aromatic N) is 3. The molecule has 1 heterocycles. The normalized spacial score (nSPS) is 11.1. The van der Waals surface area contributed by atoms with E-state index in [1.807, 2.05) is 25.8 Å². The zero-order valence-corrected chi connectivity index (χ0v) is 12.8. The van der Waals surface area contributed by atoms with E-state index >= 15 is 0 Å². The molecule has 0 aliphatic rings.